The maximum atomic E-state index is 12.4. The van der Waals surface area contributed by atoms with Crippen LogP contribution < -0.4 is 4.72 Å². The number of aryl methyl sites for hydroxylation is 1. The van der Waals surface area contributed by atoms with Crippen LogP contribution >= 0.6 is 11.5 Å². The second kappa shape index (κ2) is 6.80. The van der Waals surface area contributed by atoms with Crippen molar-refractivity contribution in [1.82, 2.24) is 19.2 Å². The van der Waals surface area contributed by atoms with Gasteiger partial charge in [0.1, 0.15) is 4.88 Å². The van der Waals surface area contributed by atoms with Crippen LogP contribution in [-0.2, 0) is 16.4 Å². The molecule has 1 N–H and O–H groups in total. The number of amides is 1. The van der Waals surface area contributed by atoms with Gasteiger partial charge in [0.15, 0.2) is 0 Å². The largest absolute Gasteiger partial charge is 0.338 e. The standard InChI is InChI=1S/C12H20N4O3S2/c1-3-10-11(20-15-13-10)12(17)16-7-5-9(6-8-16)14-21(18,19)4-2/h9,14H,3-8H2,1-2H3. The molecule has 1 aromatic heterocycles. The van der Waals surface area contributed by atoms with E-state index < -0.39 is 10.0 Å². The fourth-order valence-corrected chi connectivity index (χ4v) is 3.91. The molecule has 0 unspecified atom stereocenters. The lowest BCUT2D eigenvalue weighted by Gasteiger charge is -2.31. The molecule has 1 amide bonds. The number of nitrogens with one attached hydrogen (secondary N) is 1. The van der Waals surface area contributed by atoms with E-state index in [1.54, 1.807) is 11.8 Å². The van der Waals surface area contributed by atoms with Crippen LogP contribution in [0, 0.1) is 0 Å². The predicted octanol–water partition coefficient (Wildman–Crippen LogP) is 0.644. The number of sulfonamides is 1. The van der Waals surface area contributed by atoms with Gasteiger partial charge in [-0.2, -0.15) is 0 Å². The summed E-state index contributed by atoms with van der Waals surface area (Å²) in [7, 11) is -3.18. The molecule has 0 aliphatic carbocycles. The zero-order chi connectivity index (χ0) is 15.5. The third-order valence-corrected chi connectivity index (χ3v) is 5.80. The quantitative estimate of drug-likeness (QED) is 0.854. The molecular formula is C12H20N4O3S2. The topological polar surface area (TPSA) is 92.3 Å². The molecule has 1 fully saturated rings. The van der Waals surface area contributed by atoms with Crippen molar-refractivity contribution in [3.8, 4) is 0 Å². The van der Waals surface area contributed by atoms with Crippen molar-refractivity contribution in [2.24, 2.45) is 0 Å². The lowest BCUT2D eigenvalue weighted by molar-refractivity contribution is 0.0715. The summed E-state index contributed by atoms with van der Waals surface area (Å²) in [5, 5.41) is 3.95. The van der Waals surface area contributed by atoms with Crippen molar-refractivity contribution in [3.05, 3.63) is 10.6 Å². The molecule has 1 aliphatic heterocycles. The molecule has 9 heteroatoms. The summed E-state index contributed by atoms with van der Waals surface area (Å²) in [4.78, 5) is 14.8. The summed E-state index contributed by atoms with van der Waals surface area (Å²) in [6.45, 7) is 4.66. The van der Waals surface area contributed by atoms with E-state index in [0.717, 1.165) is 17.2 Å². The number of carbonyl (C=O) groups excluding carboxylic acids is 1. The number of hydrogen-bond acceptors (Lipinski definition) is 6. The molecule has 0 atom stereocenters. The first kappa shape index (κ1) is 16.3. The third-order valence-electron chi connectivity index (χ3n) is 3.59. The van der Waals surface area contributed by atoms with E-state index in [1.807, 2.05) is 6.92 Å². The van der Waals surface area contributed by atoms with Gasteiger partial charge in [-0.15, -0.1) is 5.10 Å². The Morgan fingerprint density at radius 1 is 1.38 bits per heavy atom. The van der Waals surface area contributed by atoms with E-state index in [0.29, 0.717) is 37.2 Å². The number of likely N-dealkylation sites (tertiary alicyclic amines) is 1. The van der Waals surface area contributed by atoms with Crippen molar-refractivity contribution < 1.29 is 13.2 Å². The first-order chi connectivity index (χ1) is 9.96. The van der Waals surface area contributed by atoms with Gasteiger partial charge in [0, 0.05) is 19.1 Å². The lowest BCUT2D eigenvalue weighted by atomic mass is 10.1. The highest BCUT2D eigenvalue weighted by Gasteiger charge is 2.28. The second-order valence-corrected chi connectivity index (χ2v) is 7.79. The molecule has 1 aromatic rings. The normalized spacial score (nSPS) is 17.1. The average molecular weight is 332 g/mol. The van der Waals surface area contributed by atoms with Crippen molar-refractivity contribution >= 4 is 27.5 Å². The van der Waals surface area contributed by atoms with Gasteiger partial charge in [-0.1, -0.05) is 11.4 Å². The van der Waals surface area contributed by atoms with Gasteiger partial charge in [0.2, 0.25) is 10.0 Å². The summed E-state index contributed by atoms with van der Waals surface area (Å²) >= 11 is 1.13. The number of nitrogens with zero attached hydrogens (tertiary/aromatic N) is 3. The minimum Gasteiger partial charge on any atom is -0.338 e. The molecular weight excluding hydrogens is 312 g/mol. The summed E-state index contributed by atoms with van der Waals surface area (Å²) in [5.41, 5.74) is 0.735. The summed E-state index contributed by atoms with van der Waals surface area (Å²) in [5.74, 6) is 0.0390. The Balaban J connectivity index is 1.94. The Morgan fingerprint density at radius 2 is 2.05 bits per heavy atom. The number of carbonyl (C=O) groups is 1. The van der Waals surface area contributed by atoms with Crippen LogP contribution in [-0.4, -0.2) is 53.7 Å². The van der Waals surface area contributed by atoms with E-state index in [9.17, 15) is 13.2 Å². The molecule has 0 aromatic carbocycles. The highest BCUT2D eigenvalue weighted by molar-refractivity contribution is 7.89. The van der Waals surface area contributed by atoms with Crippen LogP contribution in [0.1, 0.15) is 42.1 Å². The van der Waals surface area contributed by atoms with Gasteiger partial charge >= 0.3 is 0 Å². The monoisotopic (exact) mass is 332 g/mol. The van der Waals surface area contributed by atoms with E-state index in [2.05, 4.69) is 14.3 Å². The molecule has 7 nitrogen and oxygen atoms in total. The highest BCUT2D eigenvalue weighted by atomic mass is 32.2. The van der Waals surface area contributed by atoms with E-state index in [4.69, 9.17) is 0 Å². The zero-order valence-electron chi connectivity index (χ0n) is 12.2. The molecule has 0 spiro atoms. The number of aromatic nitrogens is 2. The first-order valence-corrected chi connectivity index (χ1v) is 9.50. The fraction of sp³-hybridized carbons (Fsp3) is 0.750. The SMILES string of the molecule is CCc1nnsc1C(=O)N1CCC(NS(=O)(=O)CC)CC1. The Morgan fingerprint density at radius 3 is 2.62 bits per heavy atom. The molecule has 21 heavy (non-hydrogen) atoms. The Bertz CT molecular complexity index is 591. The molecule has 1 aliphatic rings. The van der Waals surface area contributed by atoms with Crippen LogP contribution in [0.2, 0.25) is 0 Å². The minimum absolute atomic E-state index is 0.0429. The Labute approximate surface area is 128 Å². The number of rotatable bonds is 5. The van der Waals surface area contributed by atoms with Crippen molar-refractivity contribution in [2.45, 2.75) is 39.2 Å². The molecule has 2 heterocycles. The van der Waals surface area contributed by atoms with Gasteiger partial charge in [0.05, 0.1) is 11.4 Å². The molecule has 118 valence electrons. The maximum Gasteiger partial charge on any atom is 0.267 e. The van der Waals surface area contributed by atoms with Gasteiger partial charge in [-0.25, -0.2) is 13.1 Å². The van der Waals surface area contributed by atoms with E-state index in [-0.39, 0.29) is 17.7 Å². The molecule has 2 rings (SSSR count). The zero-order valence-corrected chi connectivity index (χ0v) is 13.8. The number of piperidine rings is 1. The molecule has 0 saturated carbocycles. The minimum atomic E-state index is -3.18. The highest BCUT2D eigenvalue weighted by Crippen LogP contribution is 2.18. The maximum absolute atomic E-state index is 12.4. The van der Waals surface area contributed by atoms with Crippen LogP contribution in [0.15, 0.2) is 0 Å². The predicted molar refractivity (Wildman–Crippen MR) is 80.8 cm³/mol. The number of hydrogen-bond donors (Lipinski definition) is 1. The van der Waals surface area contributed by atoms with Crippen LogP contribution in [0.4, 0.5) is 0 Å². The van der Waals surface area contributed by atoms with Crippen LogP contribution in [0.25, 0.3) is 0 Å². The van der Waals surface area contributed by atoms with Crippen molar-refractivity contribution in [3.63, 3.8) is 0 Å². The van der Waals surface area contributed by atoms with Gasteiger partial charge in [-0.05, 0) is 37.7 Å². The summed E-state index contributed by atoms with van der Waals surface area (Å²) in [6, 6.07) is -0.0794. The molecule has 0 bridgehead atoms. The van der Waals surface area contributed by atoms with E-state index in [1.165, 1.54) is 0 Å². The Hall–Kier alpha value is -1.06. The summed E-state index contributed by atoms with van der Waals surface area (Å²) < 4.78 is 29.6. The first-order valence-electron chi connectivity index (χ1n) is 7.07. The second-order valence-electron chi connectivity index (χ2n) is 4.99. The van der Waals surface area contributed by atoms with Gasteiger partial charge in [-0.3, -0.25) is 4.79 Å². The van der Waals surface area contributed by atoms with Crippen molar-refractivity contribution in [2.75, 3.05) is 18.8 Å². The fourth-order valence-electron chi connectivity index (χ4n) is 2.28. The van der Waals surface area contributed by atoms with Gasteiger partial charge in [0.25, 0.3) is 5.91 Å². The summed E-state index contributed by atoms with van der Waals surface area (Å²) in [6.07, 6.45) is 1.96. The Kier molecular flexibility index (Phi) is 5.28. The van der Waals surface area contributed by atoms with E-state index >= 15 is 0 Å². The molecule has 0 radical (unpaired) electrons. The third kappa shape index (κ3) is 3.98. The smallest absolute Gasteiger partial charge is 0.267 e. The van der Waals surface area contributed by atoms with Crippen LogP contribution in [0.5, 0.6) is 0 Å². The average Bonchev–Trinajstić information content (AvgIpc) is 2.95. The lowest BCUT2D eigenvalue weighted by Crippen LogP contribution is -2.46. The molecule has 1 saturated heterocycles. The van der Waals surface area contributed by atoms with Crippen molar-refractivity contribution in [1.29, 1.82) is 0 Å². The van der Waals surface area contributed by atoms with Crippen LogP contribution in [0.3, 0.4) is 0 Å². The van der Waals surface area contributed by atoms with Gasteiger partial charge < -0.3 is 4.90 Å².